The van der Waals surface area contributed by atoms with Crippen molar-refractivity contribution in [2.75, 3.05) is 7.11 Å². The average Bonchev–Trinajstić information content (AvgIpc) is 2.84. The van der Waals surface area contributed by atoms with Crippen LogP contribution in [-0.4, -0.2) is 27.7 Å². The standard InChI is InChI=1S/C17H21BrN2O5/c1-10(2)14(16(22)24-3)20-15(21)13(19-17(20)23)9-25-8-11-4-6-12(18)7-5-11/h4-7,10,14,21H,8-9H2,1-3H3,(H,19,23). The van der Waals surface area contributed by atoms with E-state index in [1.807, 2.05) is 24.3 Å². The normalized spacial score (nSPS) is 12.4. The summed E-state index contributed by atoms with van der Waals surface area (Å²) in [5.74, 6) is -1.14. The highest BCUT2D eigenvalue weighted by atomic mass is 79.9. The summed E-state index contributed by atoms with van der Waals surface area (Å²) in [4.78, 5) is 26.7. The van der Waals surface area contributed by atoms with Gasteiger partial charge >= 0.3 is 11.7 Å². The molecule has 2 aromatic rings. The van der Waals surface area contributed by atoms with Crippen LogP contribution < -0.4 is 5.69 Å². The lowest BCUT2D eigenvalue weighted by Crippen LogP contribution is -2.32. The van der Waals surface area contributed by atoms with Crippen molar-refractivity contribution in [3.63, 3.8) is 0 Å². The number of nitrogens with one attached hydrogen (secondary N) is 1. The number of rotatable bonds is 7. The van der Waals surface area contributed by atoms with E-state index in [2.05, 4.69) is 20.9 Å². The van der Waals surface area contributed by atoms with Crippen molar-refractivity contribution < 1.29 is 19.4 Å². The monoisotopic (exact) mass is 412 g/mol. The molecule has 0 saturated carbocycles. The molecule has 25 heavy (non-hydrogen) atoms. The zero-order chi connectivity index (χ0) is 18.6. The molecule has 0 saturated heterocycles. The minimum atomic E-state index is -0.908. The van der Waals surface area contributed by atoms with Crippen LogP contribution in [0.15, 0.2) is 33.5 Å². The number of hydrogen-bond donors (Lipinski definition) is 2. The number of nitrogens with zero attached hydrogens (tertiary/aromatic N) is 1. The van der Waals surface area contributed by atoms with Crippen molar-refractivity contribution in [3.8, 4) is 5.88 Å². The first kappa shape index (κ1) is 19.3. The Labute approximate surface area is 153 Å². The molecule has 0 bridgehead atoms. The third-order valence-corrected chi connectivity index (χ3v) is 4.28. The van der Waals surface area contributed by atoms with E-state index in [4.69, 9.17) is 9.47 Å². The molecule has 0 amide bonds. The van der Waals surface area contributed by atoms with Crippen LogP contribution in [0.25, 0.3) is 0 Å². The Kier molecular flexibility index (Phi) is 6.44. The Bertz CT molecular complexity index is 779. The van der Waals surface area contributed by atoms with Crippen molar-refractivity contribution in [3.05, 3.63) is 50.5 Å². The van der Waals surface area contributed by atoms with Crippen LogP contribution in [0.4, 0.5) is 0 Å². The van der Waals surface area contributed by atoms with Gasteiger partial charge in [0.2, 0.25) is 5.88 Å². The van der Waals surface area contributed by atoms with E-state index in [1.54, 1.807) is 13.8 Å². The highest BCUT2D eigenvalue weighted by Crippen LogP contribution is 2.25. The van der Waals surface area contributed by atoms with Crippen LogP contribution in [0.5, 0.6) is 5.88 Å². The molecule has 8 heteroatoms. The molecule has 0 aliphatic carbocycles. The number of hydrogen-bond acceptors (Lipinski definition) is 5. The van der Waals surface area contributed by atoms with E-state index in [1.165, 1.54) is 7.11 Å². The summed E-state index contributed by atoms with van der Waals surface area (Å²) in [7, 11) is 1.24. The Morgan fingerprint density at radius 3 is 2.48 bits per heavy atom. The van der Waals surface area contributed by atoms with Gasteiger partial charge < -0.3 is 19.6 Å². The van der Waals surface area contributed by atoms with Crippen molar-refractivity contribution >= 4 is 21.9 Å². The number of halogens is 1. The molecule has 1 aromatic heterocycles. The largest absolute Gasteiger partial charge is 0.493 e. The van der Waals surface area contributed by atoms with E-state index in [9.17, 15) is 14.7 Å². The van der Waals surface area contributed by atoms with E-state index in [0.29, 0.717) is 6.61 Å². The summed E-state index contributed by atoms with van der Waals surface area (Å²) in [5.41, 5.74) is 0.597. The number of carbonyl (C=O) groups excluding carboxylic acids is 1. The van der Waals surface area contributed by atoms with Crippen molar-refractivity contribution in [1.82, 2.24) is 9.55 Å². The molecule has 136 valence electrons. The molecule has 2 rings (SSSR count). The fraction of sp³-hybridized carbons (Fsp3) is 0.412. The van der Waals surface area contributed by atoms with Crippen molar-refractivity contribution in [1.29, 1.82) is 0 Å². The molecule has 1 atom stereocenters. The molecule has 1 unspecified atom stereocenters. The van der Waals surface area contributed by atoms with Crippen LogP contribution in [0.2, 0.25) is 0 Å². The number of aromatic nitrogens is 2. The third-order valence-electron chi connectivity index (χ3n) is 3.76. The molecule has 0 aliphatic rings. The first-order valence-electron chi connectivity index (χ1n) is 7.77. The molecule has 0 fully saturated rings. The number of aromatic amines is 1. The fourth-order valence-corrected chi connectivity index (χ4v) is 2.76. The van der Waals surface area contributed by atoms with Crippen LogP contribution in [0.1, 0.15) is 31.1 Å². The van der Waals surface area contributed by atoms with Crippen molar-refractivity contribution in [2.24, 2.45) is 5.92 Å². The molecular weight excluding hydrogens is 392 g/mol. The molecular formula is C17H21BrN2O5. The van der Waals surface area contributed by atoms with Crippen LogP contribution >= 0.6 is 15.9 Å². The minimum Gasteiger partial charge on any atom is -0.493 e. The van der Waals surface area contributed by atoms with Crippen LogP contribution in [-0.2, 0) is 27.5 Å². The lowest BCUT2D eigenvalue weighted by Gasteiger charge is -2.19. The van der Waals surface area contributed by atoms with Gasteiger partial charge in [0.1, 0.15) is 11.7 Å². The first-order valence-corrected chi connectivity index (χ1v) is 8.56. The maximum atomic E-state index is 12.2. The number of H-pyrrole nitrogens is 1. The van der Waals surface area contributed by atoms with Gasteiger partial charge in [0.15, 0.2) is 0 Å². The van der Waals surface area contributed by atoms with Gasteiger partial charge in [-0.2, -0.15) is 0 Å². The SMILES string of the molecule is COC(=O)C(C(C)C)n1c(O)c(COCc2ccc(Br)cc2)[nH]c1=O. The lowest BCUT2D eigenvalue weighted by molar-refractivity contribution is -0.146. The Morgan fingerprint density at radius 1 is 1.28 bits per heavy atom. The second-order valence-electron chi connectivity index (χ2n) is 5.93. The molecule has 1 heterocycles. The highest BCUT2D eigenvalue weighted by Gasteiger charge is 2.30. The van der Waals surface area contributed by atoms with Crippen LogP contribution in [0.3, 0.4) is 0 Å². The number of ether oxygens (including phenoxy) is 2. The molecule has 2 N–H and O–H groups in total. The third kappa shape index (κ3) is 4.52. The number of esters is 1. The maximum Gasteiger partial charge on any atom is 0.329 e. The fourth-order valence-electron chi connectivity index (χ4n) is 2.49. The summed E-state index contributed by atoms with van der Waals surface area (Å²) in [6.45, 7) is 3.87. The lowest BCUT2D eigenvalue weighted by atomic mass is 10.0. The Hall–Kier alpha value is -2.06. The zero-order valence-corrected chi connectivity index (χ0v) is 15.9. The predicted molar refractivity (Wildman–Crippen MR) is 95.2 cm³/mol. The van der Waals surface area contributed by atoms with E-state index < -0.39 is 17.7 Å². The Morgan fingerprint density at radius 2 is 1.92 bits per heavy atom. The van der Waals surface area contributed by atoms with Gasteiger partial charge in [-0.15, -0.1) is 0 Å². The van der Waals surface area contributed by atoms with Gasteiger partial charge in [0, 0.05) is 4.47 Å². The smallest absolute Gasteiger partial charge is 0.329 e. The maximum absolute atomic E-state index is 12.2. The molecule has 1 aromatic carbocycles. The second-order valence-corrected chi connectivity index (χ2v) is 6.85. The average molecular weight is 413 g/mol. The van der Waals surface area contributed by atoms with E-state index in [-0.39, 0.29) is 24.1 Å². The van der Waals surface area contributed by atoms with E-state index >= 15 is 0 Å². The van der Waals surface area contributed by atoms with E-state index in [0.717, 1.165) is 14.6 Å². The summed E-state index contributed by atoms with van der Waals surface area (Å²) in [5, 5.41) is 10.3. The number of imidazole rings is 1. The number of benzene rings is 1. The molecule has 7 nitrogen and oxygen atoms in total. The topological polar surface area (TPSA) is 93.5 Å². The summed E-state index contributed by atoms with van der Waals surface area (Å²) >= 11 is 3.36. The predicted octanol–water partition coefficient (Wildman–Crippen LogP) is 2.73. The van der Waals surface area contributed by atoms with Gasteiger partial charge in [-0.05, 0) is 23.6 Å². The summed E-state index contributed by atoms with van der Waals surface area (Å²) in [6, 6.07) is 6.71. The van der Waals surface area contributed by atoms with Gasteiger partial charge in [0.25, 0.3) is 0 Å². The number of aromatic hydroxyl groups is 1. The second kappa shape index (κ2) is 8.35. The van der Waals surface area contributed by atoms with Crippen LogP contribution in [0, 0.1) is 5.92 Å². The van der Waals surface area contributed by atoms with Gasteiger partial charge in [-0.1, -0.05) is 41.9 Å². The first-order chi connectivity index (χ1) is 11.8. The number of methoxy groups -OCH3 is 1. The summed E-state index contributed by atoms with van der Waals surface area (Å²) in [6.07, 6.45) is 0. The molecule has 0 aliphatic heterocycles. The van der Waals surface area contributed by atoms with Gasteiger partial charge in [-0.3, -0.25) is 0 Å². The quantitative estimate of drug-likeness (QED) is 0.681. The van der Waals surface area contributed by atoms with Crippen molar-refractivity contribution in [2.45, 2.75) is 33.1 Å². The minimum absolute atomic E-state index is 0.0100. The molecule has 0 radical (unpaired) electrons. The highest BCUT2D eigenvalue weighted by molar-refractivity contribution is 9.10. The molecule has 0 spiro atoms. The Balaban J connectivity index is 2.14. The number of carbonyl (C=O) groups is 1. The van der Waals surface area contributed by atoms with Gasteiger partial charge in [-0.25, -0.2) is 14.2 Å². The zero-order valence-electron chi connectivity index (χ0n) is 14.3. The van der Waals surface area contributed by atoms with Gasteiger partial charge in [0.05, 0.1) is 20.3 Å². The summed E-state index contributed by atoms with van der Waals surface area (Å²) < 4.78 is 12.3.